The van der Waals surface area contributed by atoms with Crippen LogP contribution in [0, 0.1) is 10.1 Å². The lowest BCUT2D eigenvalue weighted by Crippen LogP contribution is -1.94. The quantitative estimate of drug-likeness (QED) is 0.585. The molecule has 6 nitrogen and oxygen atoms in total. The van der Waals surface area contributed by atoms with Gasteiger partial charge in [-0.15, -0.1) is 0 Å². The van der Waals surface area contributed by atoms with Crippen LogP contribution in [0.15, 0.2) is 42.7 Å². The number of hydrogen-bond acceptors (Lipinski definition) is 4. The van der Waals surface area contributed by atoms with Gasteiger partial charge in [0.05, 0.1) is 23.7 Å². The third-order valence-electron chi connectivity index (χ3n) is 3.11. The van der Waals surface area contributed by atoms with E-state index in [0.717, 1.165) is 22.2 Å². The van der Waals surface area contributed by atoms with E-state index >= 15 is 0 Å². The molecular weight excluding hydrogens is 258 g/mol. The van der Waals surface area contributed by atoms with Crippen LogP contribution in [-0.4, -0.2) is 22.0 Å². The van der Waals surface area contributed by atoms with Crippen LogP contribution in [0.5, 0.6) is 5.75 Å². The van der Waals surface area contributed by atoms with Crippen molar-refractivity contribution in [1.29, 1.82) is 0 Å². The Bertz CT molecular complexity index is 762. The molecule has 3 aromatic rings. The Hall–Kier alpha value is -2.89. The van der Waals surface area contributed by atoms with Crippen molar-refractivity contribution in [2.75, 3.05) is 7.11 Å². The highest BCUT2D eigenvalue weighted by Gasteiger charge is 2.16. The number of benzene rings is 1. The molecule has 0 spiro atoms. The number of nitrogens with zero attached hydrogens (tertiary/aromatic N) is 2. The van der Waals surface area contributed by atoms with Crippen molar-refractivity contribution >= 4 is 16.6 Å². The first kappa shape index (κ1) is 12.2. The zero-order valence-electron chi connectivity index (χ0n) is 10.7. The molecule has 0 unspecified atom stereocenters. The van der Waals surface area contributed by atoms with Gasteiger partial charge in [-0.25, -0.2) is 0 Å². The maximum atomic E-state index is 11.0. The third kappa shape index (κ3) is 1.97. The van der Waals surface area contributed by atoms with Crippen LogP contribution >= 0.6 is 0 Å². The topological polar surface area (TPSA) is 81.0 Å². The molecule has 20 heavy (non-hydrogen) atoms. The molecule has 0 aliphatic rings. The van der Waals surface area contributed by atoms with Gasteiger partial charge >= 0.3 is 5.69 Å². The molecule has 6 heteroatoms. The van der Waals surface area contributed by atoms with E-state index in [1.807, 2.05) is 12.1 Å². The van der Waals surface area contributed by atoms with Crippen molar-refractivity contribution in [2.45, 2.75) is 0 Å². The lowest BCUT2D eigenvalue weighted by Gasteiger charge is -2.03. The molecule has 100 valence electrons. The molecule has 0 radical (unpaired) electrons. The number of rotatable bonds is 3. The van der Waals surface area contributed by atoms with Gasteiger partial charge in [0, 0.05) is 28.9 Å². The van der Waals surface area contributed by atoms with Crippen LogP contribution in [0.4, 0.5) is 5.69 Å². The Balaban J connectivity index is 2.14. The van der Waals surface area contributed by atoms with Crippen molar-refractivity contribution < 1.29 is 9.66 Å². The number of H-pyrrole nitrogens is 1. The number of methoxy groups -OCH3 is 1. The monoisotopic (exact) mass is 269 g/mol. The Labute approximate surface area is 114 Å². The second kappa shape index (κ2) is 4.65. The highest BCUT2D eigenvalue weighted by molar-refractivity contribution is 5.85. The molecule has 0 amide bonds. The summed E-state index contributed by atoms with van der Waals surface area (Å²) in [7, 11) is 1.41. The minimum absolute atomic E-state index is 0.0539. The lowest BCUT2D eigenvalue weighted by atomic mass is 10.1. The van der Waals surface area contributed by atoms with E-state index in [2.05, 4.69) is 9.97 Å². The van der Waals surface area contributed by atoms with Gasteiger partial charge in [-0.3, -0.25) is 15.1 Å². The maximum Gasteiger partial charge on any atom is 0.311 e. The number of fused-ring (bicyclic) bond motifs is 1. The average molecular weight is 269 g/mol. The van der Waals surface area contributed by atoms with Gasteiger partial charge in [0.2, 0.25) is 0 Å². The number of nitrogens with one attached hydrogen (secondary N) is 1. The molecule has 1 N–H and O–H groups in total. The summed E-state index contributed by atoms with van der Waals surface area (Å²) in [6, 6.07) is 8.69. The molecule has 0 saturated heterocycles. The predicted octanol–water partition coefficient (Wildman–Crippen LogP) is 3.15. The fraction of sp³-hybridized carbons (Fsp3) is 0.0714. The number of nitro benzene ring substituents is 1. The van der Waals surface area contributed by atoms with E-state index in [1.165, 1.54) is 13.2 Å². The van der Waals surface area contributed by atoms with Crippen molar-refractivity contribution in [2.24, 2.45) is 0 Å². The molecule has 2 heterocycles. The van der Waals surface area contributed by atoms with E-state index in [0.29, 0.717) is 0 Å². The first-order chi connectivity index (χ1) is 9.69. The van der Waals surface area contributed by atoms with E-state index in [4.69, 9.17) is 4.74 Å². The summed E-state index contributed by atoms with van der Waals surface area (Å²) < 4.78 is 4.99. The lowest BCUT2D eigenvalue weighted by molar-refractivity contribution is -0.385. The van der Waals surface area contributed by atoms with Gasteiger partial charge < -0.3 is 9.72 Å². The number of pyridine rings is 1. The number of hydrogen-bond donors (Lipinski definition) is 1. The number of ether oxygens (including phenoxy) is 1. The molecule has 2 aromatic heterocycles. The summed E-state index contributed by atoms with van der Waals surface area (Å²) in [6.45, 7) is 0. The fourth-order valence-corrected chi connectivity index (χ4v) is 2.13. The highest BCUT2D eigenvalue weighted by Crippen LogP contribution is 2.32. The van der Waals surface area contributed by atoms with E-state index < -0.39 is 4.92 Å². The normalized spacial score (nSPS) is 10.7. The Morgan fingerprint density at radius 2 is 2.15 bits per heavy atom. The molecule has 0 bridgehead atoms. The number of aromatic nitrogens is 2. The molecule has 0 aliphatic carbocycles. The fourth-order valence-electron chi connectivity index (χ4n) is 2.13. The second-order valence-corrected chi connectivity index (χ2v) is 4.29. The van der Waals surface area contributed by atoms with Crippen LogP contribution in [0.1, 0.15) is 0 Å². The maximum absolute atomic E-state index is 11.0. The molecule has 3 rings (SSSR count). The molecule has 0 atom stereocenters. The van der Waals surface area contributed by atoms with Gasteiger partial charge in [0.25, 0.3) is 0 Å². The Kier molecular flexibility index (Phi) is 2.83. The van der Waals surface area contributed by atoms with Gasteiger partial charge in [0.15, 0.2) is 5.75 Å². The standard InChI is InChI=1S/C14H11N3O3/c1-20-14-3-2-9(7-13(14)17(18)19)11-6-10-4-5-15-8-12(10)16-11/h2-8,16H,1H3. The second-order valence-electron chi connectivity index (χ2n) is 4.29. The van der Waals surface area contributed by atoms with Gasteiger partial charge in [-0.2, -0.15) is 0 Å². The molecule has 0 fully saturated rings. The Morgan fingerprint density at radius 3 is 2.85 bits per heavy atom. The molecule has 0 aliphatic heterocycles. The van der Waals surface area contributed by atoms with Gasteiger partial charge in [-0.05, 0) is 24.3 Å². The zero-order valence-corrected chi connectivity index (χ0v) is 10.7. The molecular formula is C14H11N3O3. The summed E-state index contributed by atoms with van der Waals surface area (Å²) in [6.07, 6.45) is 3.42. The van der Waals surface area contributed by atoms with Crippen molar-refractivity contribution in [3.05, 3.63) is 52.8 Å². The van der Waals surface area contributed by atoms with E-state index in [-0.39, 0.29) is 11.4 Å². The van der Waals surface area contributed by atoms with Crippen molar-refractivity contribution in [1.82, 2.24) is 9.97 Å². The van der Waals surface area contributed by atoms with Crippen LogP contribution in [0.2, 0.25) is 0 Å². The molecule has 1 aromatic carbocycles. The Morgan fingerprint density at radius 1 is 1.30 bits per heavy atom. The smallest absolute Gasteiger partial charge is 0.311 e. The van der Waals surface area contributed by atoms with Crippen LogP contribution in [0.3, 0.4) is 0 Å². The SMILES string of the molecule is COc1ccc(-c2cc3ccncc3[nH]2)cc1[N+](=O)[O-]. The first-order valence-corrected chi connectivity index (χ1v) is 5.94. The largest absolute Gasteiger partial charge is 0.490 e. The average Bonchev–Trinajstić information content (AvgIpc) is 2.90. The van der Waals surface area contributed by atoms with Gasteiger partial charge in [-0.1, -0.05) is 0 Å². The van der Waals surface area contributed by atoms with Gasteiger partial charge in [0.1, 0.15) is 0 Å². The van der Waals surface area contributed by atoms with Crippen molar-refractivity contribution in [3.8, 4) is 17.0 Å². The van der Waals surface area contributed by atoms with E-state index in [1.54, 1.807) is 24.5 Å². The van der Waals surface area contributed by atoms with E-state index in [9.17, 15) is 10.1 Å². The van der Waals surface area contributed by atoms with Crippen LogP contribution in [-0.2, 0) is 0 Å². The predicted molar refractivity (Wildman–Crippen MR) is 74.7 cm³/mol. The minimum atomic E-state index is -0.452. The van der Waals surface area contributed by atoms with Crippen LogP contribution < -0.4 is 4.74 Å². The summed E-state index contributed by atoms with van der Waals surface area (Å²) in [4.78, 5) is 17.8. The first-order valence-electron chi connectivity index (χ1n) is 5.94. The summed E-state index contributed by atoms with van der Waals surface area (Å²) in [5.74, 6) is 0.247. The highest BCUT2D eigenvalue weighted by atomic mass is 16.6. The van der Waals surface area contributed by atoms with Crippen LogP contribution in [0.25, 0.3) is 22.2 Å². The molecule has 0 saturated carbocycles. The zero-order chi connectivity index (χ0) is 14.1. The third-order valence-corrected chi connectivity index (χ3v) is 3.11. The minimum Gasteiger partial charge on any atom is -0.490 e. The summed E-state index contributed by atoms with van der Waals surface area (Å²) in [5.41, 5.74) is 2.37. The summed E-state index contributed by atoms with van der Waals surface area (Å²) >= 11 is 0. The number of aromatic amines is 1. The summed E-state index contributed by atoms with van der Waals surface area (Å²) in [5, 5.41) is 12.0. The number of nitro groups is 1. The van der Waals surface area contributed by atoms with Crippen molar-refractivity contribution in [3.63, 3.8) is 0 Å².